The van der Waals surface area contributed by atoms with E-state index in [1.807, 2.05) is 27.7 Å². The van der Waals surface area contributed by atoms with Crippen molar-refractivity contribution in [1.29, 1.82) is 0 Å². The second-order valence-corrected chi connectivity index (χ2v) is 2.33. The summed E-state index contributed by atoms with van der Waals surface area (Å²) < 4.78 is 0. The summed E-state index contributed by atoms with van der Waals surface area (Å²) in [6, 6.07) is 5.89. The molecule has 0 saturated carbocycles. The highest BCUT2D eigenvalue weighted by atomic mass is 16.6. The van der Waals surface area contributed by atoms with Gasteiger partial charge in [-0.2, -0.15) is 0 Å². The van der Waals surface area contributed by atoms with Gasteiger partial charge in [-0.3, -0.25) is 14.9 Å². The maximum Gasteiger partial charge on any atom is 0.280 e. The van der Waals surface area contributed by atoms with Gasteiger partial charge in [-0.1, -0.05) is 47.3 Å². The Kier molecular flexibility index (Phi) is 15.0. The number of carbonyl (C=O) groups is 1. The lowest BCUT2D eigenvalue weighted by molar-refractivity contribution is -0.385. The number of nitro benzene ring substituents is 1. The van der Waals surface area contributed by atoms with E-state index in [1.54, 1.807) is 6.07 Å². The lowest BCUT2D eigenvalue weighted by Gasteiger charge is -1.95. The summed E-state index contributed by atoms with van der Waals surface area (Å²) >= 11 is 0. The molecular weight excluding hydrogens is 218 g/mol. The van der Waals surface area contributed by atoms with Crippen LogP contribution in [0.25, 0.3) is 0 Å². The summed E-state index contributed by atoms with van der Waals surface area (Å²) in [5, 5.41) is 10.4. The molecule has 0 aromatic heterocycles. The van der Waals surface area contributed by atoms with E-state index < -0.39 is 4.92 Å². The number of para-hydroxylation sites is 1. The molecule has 0 heterocycles. The van der Waals surface area contributed by atoms with Crippen molar-refractivity contribution >= 4 is 11.5 Å². The van der Waals surface area contributed by atoms with Crippen molar-refractivity contribution < 1.29 is 9.72 Å². The Hall–Kier alpha value is -1.71. The topological polar surface area (TPSA) is 60.2 Å². The number of rotatable bonds is 2. The minimum atomic E-state index is -0.559. The molecular formula is C13H23NO3. The minimum absolute atomic E-state index is 0. The highest BCUT2D eigenvalue weighted by Gasteiger charge is 2.14. The van der Waals surface area contributed by atoms with Crippen LogP contribution in [0.1, 0.15) is 52.4 Å². The Labute approximate surface area is 104 Å². The number of hydrogen-bond donors (Lipinski definition) is 0. The summed E-state index contributed by atoms with van der Waals surface area (Å²) in [5.41, 5.74) is 0.0208. The van der Waals surface area contributed by atoms with E-state index in [0.717, 1.165) is 0 Å². The lowest BCUT2D eigenvalue weighted by Crippen LogP contribution is -1.98. The van der Waals surface area contributed by atoms with Gasteiger partial charge in [-0.15, -0.1) is 0 Å². The van der Waals surface area contributed by atoms with Crippen molar-refractivity contribution in [1.82, 2.24) is 0 Å². The van der Waals surface area contributed by atoms with Crippen LogP contribution in [0.2, 0.25) is 0 Å². The van der Waals surface area contributed by atoms with Crippen LogP contribution in [0.15, 0.2) is 24.3 Å². The third-order valence-corrected chi connectivity index (χ3v) is 1.48. The Morgan fingerprint density at radius 1 is 1.12 bits per heavy atom. The molecule has 1 aromatic carbocycles. The maximum atomic E-state index is 10.9. The number of benzene rings is 1. The Bertz CT molecular complexity index is 302. The molecule has 0 aliphatic rings. The Balaban J connectivity index is -0.000000355. The first kappa shape index (κ1) is 20.7. The molecule has 0 unspecified atom stereocenters. The zero-order chi connectivity index (χ0) is 13.1. The molecule has 0 radical (unpaired) electrons. The van der Waals surface area contributed by atoms with E-state index >= 15 is 0 Å². The summed E-state index contributed by atoms with van der Waals surface area (Å²) in [6.07, 6.45) is 0. The number of Topliss-reactive ketones (excluding diaryl/α,β-unsaturated/α-hetero) is 1. The molecule has 0 N–H and O–H groups in total. The number of nitro groups is 1. The van der Waals surface area contributed by atoms with Crippen molar-refractivity contribution in [3.8, 4) is 0 Å². The summed E-state index contributed by atoms with van der Waals surface area (Å²) in [7, 11) is 0. The lowest BCUT2D eigenvalue weighted by atomic mass is 10.1. The first-order valence-electron chi connectivity index (χ1n) is 5.37. The standard InChI is InChI=1S/C8H7NO3.2C2H6.CH4/c1-6(10)7-4-2-3-5-8(7)9(11)12;2*1-2;/h2-5H,1H3;2*1-2H3;1H4. The molecule has 0 atom stereocenters. The molecule has 0 saturated heterocycles. The van der Waals surface area contributed by atoms with Gasteiger partial charge in [0.15, 0.2) is 5.78 Å². The monoisotopic (exact) mass is 241 g/mol. The van der Waals surface area contributed by atoms with E-state index in [-0.39, 0.29) is 24.5 Å². The minimum Gasteiger partial charge on any atom is -0.294 e. The molecule has 0 spiro atoms. The fraction of sp³-hybridized carbons (Fsp3) is 0.462. The van der Waals surface area contributed by atoms with Crippen LogP contribution in [-0.2, 0) is 0 Å². The molecule has 4 heteroatoms. The van der Waals surface area contributed by atoms with Crippen LogP contribution in [-0.4, -0.2) is 10.7 Å². The van der Waals surface area contributed by atoms with Gasteiger partial charge in [0.25, 0.3) is 5.69 Å². The Morgan fingerprint density at radius 2 is 1.53 bits per heavy atom. The smallest absolute Gasteiger partial charge is 0.280 e. The summed E-state index contributed by atoms with van der Waals surface area (Å²) in [4.78, 5) is 20.7. The van der Waals surface area contributed by atoms with Crippen molar-refractivity contribution in [2.45, 2.75) is 42.0 Å². The molecule has 0 bridgehead atoms. The average molecular weight is 241 g/mol. The molecule has 1 rings (SSSR count). The molecule has 0 amide bonds. The van der Waals surface area contributed by atoms with Crippen LogP contribution in [0, 0.1) is 10.1 Å². The largest absolute Gasteiger partial charge is 0.294 e. The summed E-state index contributed by atoms with van der Waals surface area (Å²) in [6.45, 7) is 9.31. The Morgan fingerprint density at radius 3 is 1.82 bits per heavy atom. The van der Waals surface area contributed by atoms with Gasteiger partial charge < -0.3 is 0 Å². The van der Waals surface area contributed by atoms with E-state index in [9.17, 15) is 14.9 Å². The first-order chi connectivity index (χ1) is 7.63. The van der Waals surface area contributed by atoms with E-state index in [2.05, 4.69) is 0 Å². The average Bonchev–Trinajstić information content (AvgIpc) is 2.34. The van der Waals surface area contributed by atoms with Gasteiger partial charge in [0.2, 0.25) is 0 Å². The van der Waals surface area contributed by atoms with Crippen LogP contribution in [0.5, 0.6) is 0 Å². The maximum absolute atomic E-state index is 10.9. The van der Waals surface area contributed by atoms with E-state index in [1.165, 1.54) is 25.1 Å². The molecule has 0 aliphatic carbocycles. The van der Waals surface area contributed by atoms with Crippen molar-refractivity contribution in [2.24, 2.45) is 0 Å². The fourth-order valence-corrected chi connectivity index (χ4v) is 0.931. The number of nitrogens with zero attached hydrogens (tertiary/aromatic N) is 1. The predicted octanol–water partition coefficient (Wildman–Crippen LogP) is 4.49. The highest BCUT2D eigenvalue weighted by Crippen LogP contribution is 2.17. The number of ketones is 1. The van der Waals surface area contributed by atoms with Crippen LogP contribution in [0.4, 0.5) is 5.69 Å². The van der Waals surface area contributed by atoms with Crippen molar-refractivity contribution in [3.63, 3.8) is 0 Å². The third kappa shape index (κ3) is 7.22. The van der Waals surface area contributed by atoms with Gasteiger partial charge in [0.1, 0.15) is 0 Å². The van der Waals surface area contributed by atoms with Crippen molar-refractivity contribution in [2.75, 3.05) is 0 Å². The third-order valence-electron chi connectivity index (χ3n) is 1.48. The van der Waals surface area contributed by atoms with Crippen LogP contribution in [0.3, 0.4) is 0 Å². The van der Waals surface area contributed by atoms with Crippen LogP contribution < -0.4 is 0 Å². The van der Waals surface area contributed by atoms with E-state index in [0.29, 0.717) is 0 Å². The van der Waals surface area contributed by atoms with E-state index in [4.69, 9.17) is 0 Å². The molecule has 17 heavy (non-hydrogen) atoms. The number of hydrogen-bond acceptors (Lipinski definition) is 3. The summed E-state index contributed by atoms with van der Waals surface area (Å²) in [5.74, 6) is -0.290. The van der Waals surface area contributed by atoms with Gasteiger partial charge in [0, 0.05) is 6.07 Å². The highest BCUT2D eigenvalue weighted by molar-refractivity contribution is 5.97. The quantitative estimate of drug-likeness (QED) is 0.435. The van der Waals surface area contributed by atoms with Gasteiger partial charge >= 0.3 is 0 Å². The first-order valence-corrected chi connectivity index (χ1v) is 5.37. The van der Waals surface area contributed by atoms with Gasteiger partial charge in [-0.25, -0.2) is 0 Å². The second kappa shape index (κ2) is 12.4. The fourth-order valence-electron chi connectivity index (χ4n) is 0.931. The second-order valence-electron chi connectivity index (χ2n) is 2.33. The molecule has 0 aliphatic heterocycles. The zero-order valence-corrected chi connectivity index (χ0v) is 10.5. The molecule has 0 fully saturated rings. The normalized spacial score (nSPS) is 7.35. The van der Waals surface area contributed by atoms with Gasteiger partial charge in [-0.05, 0) is 13.0 Å². The van der Waals surface area contributed by atoms with Gasteiger partial charge in [0.05, 0.1) is 10.5 Å². The number of carbonyl (C=O) groups excluding carboxylic acids is 1. The molecule has 98 valence electrons. The van der Waals surface area contributed by atoms with Crippen LogP contribution >= 0.6 is 0 Å². The van der Waals surface area contributed by atoms with Crippen molar-refractivity contribution in [3.05, 3.63) is 39.9 Å². The SMILES string of the molecule is C.CC.CC.CC(=O)c1ccccc1[N+](=O)[O-]. The molecule has 4 nitrogen and oxygen atoms in total. The predicted molar refractivity (Wildman–Crippen MR) is 72.5 cm³/mol. The zero-order valence-electron chi connectivity index (χ0n) is 10.5. The molecule has 1 aromatic rings.